The van der Waals surface area contributed by atoms with Crippen LogP contribution in [0.1, 0.15) is 69.1 Å². The Kier molecular flexibility index (Phi) is 15.5. The van der Waals surface area contributed by atoms with Crippen molar-refractivity contribution < 1.29 is 28.8 Å². The molecule has 0 saturated heterocycles. The third kappa shape index (κ3) is 12.7. The molecule has 0 radical (unpaired) electrons. The number of nitrogens with zero attached hydrogens (tertiary/aromatic N) is 2. The number of aliphatic imine (C=N–C) groups is 1. The van der Waals surface area contributed by atoms with E-state index in [-0.39, 0.29) is 79.8 Å². The van der Waals surface area contributed by atoms with Gasteiger partial charge in [0.1, 0.15) is 17.9 Å². The Labute approximate surface area is 301 Å². The van der Waals surface area contributed by atoms with Crippen LogP contribution in [-0.2, 0) is 24.0 Å². The molecule has 0 bridgehead atoms. The molecule has 1 aromatic heterocycles. The summed E-state index contributed by atoms with van der Waals surface area (Å²) in [4.78, 5) is 85.8. The smallest absolute Gasteiger partial charge is 0.243 e. The van der Waals surface area contributed by atoms with Gasteiger partial charge in [0, 0.05) is 50.3 Å². The summed E-state index contributed by atoms with van der Waals surface area (Å²) in [5, 5.41) is 16.5. The highest BCUT2D eigenvalue weighted by molar-refractivity contribution is 7.11. The molecule has 0 fully saturated rings. The zero-order valence-corrected chi connectivity index (χ0v) is 30.0. The van der Waals surface area contributed by atoms with Crippen LogP contribution >= 0.6 is 11.3 Å². The maximum Gasteiger partial charge on any atom is 0.243 e. The van der Waals surface area contributed by atoms with E-state index in [1.54, 1.807) is 5.38 Å². The minimum Gasteiger partial charge on any atom is -0.384 e. The van der Waals surface area contributed by atoms with Crippen molar-refractivity contribution in [2.24, 2.45) is 34.0 Å². The van der Waals surface area contributed by atoms with E-state index >= 15 is 0 Å². The molecule has 11 N–H and O–H groups in total. The van der Waals surface area contributed by atoms with Crippen molar-refractivity contribution in [2.45, 2.75) is 89.0 Å². The summed E-state index contributed by atoms with van der Waals surface area (Å²) in [6.07, 6.45) is 12.6. The number of thiazole rings is 1. The van der Waals surface area contributed by atoms with Gasteiger partial charge in [-0.25, -0.2) is 4.98 Å². The normalized spacial score (nSPS) is 18.9. The first-order valence-electron chi connectivity index (χ1n) is 16.9. The molecule has 1 aliphatic heterocycles. The van der Waals surface area contributed by atoms with Crippen LogP contribution in [0.3, 0.4) is 0 Å². The Morgan fingerprint density at radius 3 is 2.37 bits per heavy atom. The molecule has 51 heavy (non-hydrogen) atoms. The lowest BCUT2D eigenvalue weighted by atomic mass is 9.83. The highest BCUT2D eigenvalue weighted by Gasteiger charge is 2.38. The fraction of sp³-hybridized carbons (Fsp3) is 0.529. The van der Waals surface area contributed by atoms with Gasteiger partial charge >= 0.3 is 0 Å². The highest BCUT2D eigenvalue weighted by atomic mass is 32.1. The summed E-state index contributed by atoms with van der Waals surface area (Å²) in [6, 6.07) is -3.09. The summed E-state index contributed by atoms with van der Waals surface area (Å²) in [6.45, 7) is 5.13. The third-order valence-corrected chi connectivity index (χ3v) is 9.20. The molecule has 1 aromatic rings. The van der Waals surface area contributed by atoms with E-state index in [2.05, 4.69) is 36.6 Å². The highest BCUT2D eigenvalue weighted by Crippen LogP contribution is 2.31. The van der Waals surface area contributed by atoms with Gasteiger partial charge in [-0.3, -0.25) is 29.0 Å². The van der Waals surface area contributed by atoms with Crippen molar-refractivity contribution in [1.82, 2.24) is 31.6 Å². The van der Waals surface area contributed by atoms with Crippen molar-refractivity contribution in [3.63, 3.8) is 0 Å². The van der Waals surface area contributed by atoms with Gasteiger partial charge in [-0.15, -0.1) is 11.3 Å². The van der Waals surface area contributed by atoms with E-state index < -0.39 is 47.3 Å². The van der Waals surface area contributed by atoms with Gasteiger partial charge in [0.05, 0.1) is 18.1 Å². The number of hydrogen-bond acceptors (Lipinski definition) is 11. The first-order valence-corrected chi connectivity index (χ1v) is 17.8. The number of rotatable bonds is 22. The molecule has 278 valence electrons. The van der Waals surface area contributed by atoms with Crippen LogP contribution in [0.4, 0.5) is 0 Å². The summed E-state index contributed by atoms with van der Waals surface area (Å²) in [5.74, 6) is -2.86. The second-order valence-electron chi connectivity index (χ2n) is 13.2. The number of carbonyl (C=O) groups excluding carboxylic acids is 6. The quantitative estimate of drug-likeness (QED) is 0.0252. The number of aldehydes is 1. The van der Waals surface area contributed by atoms with E-state index in [9.17, 15) is 28.8 Å². The Balaban J connectivity index is 1.80. The van der Waals surface area contributed by atoms with Gasteiger partial charge in [-0.05, 0) is 43.4 Å². The molecule has 6 atom stereocenters. The molecule has 0 spiro atoms. The molecule has 3 rings (SSSR count). The second-order valence-corrected chi connectivity index (χ2v) is 14.1. The van der Waals surface area contributed by atoms with Crippen LogP contribution in [0.25, 0.3) is 0 Å². The SMILES string of the molecule is CC(=O)N[C@@](C=O)(CN[C@@H](CCC(N)=O)C(=O)N[C@@H](CC(C)C)C(=O)N[C@@H](CCCN=C(N)N)C(=O)c1nccs1)CC1=CNC2C=CC=CC12. The molecule has 16 nitrogen and oxygen atoms in total. The minimum atomic E-state index is -1.44. The number of primary amides is 1. The molecular formula is C34H50N10O6S. The number of fused-ring (bicyclic) bond motifs is 1. The standard InChI is InChI=1S/C34H50N10O6S/c1-20(2)15-27(31(50)42-25(9-6-12-39-33(36)37)29(48)32-38-13-14-51-32)43-30(49)26(10-11-28(35)47)41-18-34(19-45,44-21(3)46)16-22-17-40-24-8-5-4-7-23(22)24/h4-5,7-8,13-14,17,19-20,23-27,40-41H,6,9-12,15-16,18H2,1-3H3,(H2,35,47)(H,42,50)(H,43,49)(H,44,46)(H4,36,37,39)/t23?,24?,25-,26-,27-,34+/m0/s1. The topological polar surface area (TPSA) is 266 Å². The molecule has 0 aromatic carbocycles. The van der Waals surface area contributed by atoms with Crippen LogP contribution in [-0.4, -0.2) is 89.4 Å². The molecule has 17 heteroatoms. The van der Waals surface area contributed by atoms with Crippen LogP contribution < -0.4 is 43.8 Å². The zero-order chi connectivity index (χ0) is 37.6. The van der Waals surface area contributed by atoms with Gasteiger partial charge in [0.15, 0.2) is 11.0 Å². The zero-order valence-electron chi connectivity index (χ0n) is 29.2. The van der Waals surface area contributed by atoms with E-state index in [1.807, 2.05) is 44.4 Å². The van der Waals surface area contributed by atoms with Crippen LogP contribution in [0.2, 0.25) is 0 Å². The van der Waals surface area contributed by atoms with E-state index in [0.29, 0.717) is 12.7 Å². The molecule has 1 aliphatic carbocycles. The summed E-state index contributed by atoms with van der Waals surface area (Å²) < 4.78 is 0. The van der Waals surface area contributed by atoms with Gasteiger partial charge in [0.25, 0.3) is 0 Å². The Morgan fingerprint density at radius 2 is 1.75 bits per heavy atom. The van der Waals surface area contributed by atoms with Crippen LogP contribution in [0.5, 0.6) is 0 Å². The second kappa shape index (κ2) is 19.5. The van der Waals surface area contributed by atoms with Crippen molar-refractivity contribution in [1.29, 1.82) is 0 Å². The Bertz CT molecular complexity index is 1520. The number of amides is 4. The maximum atomic E-state index is 13.9. The largest absolute Gasteiger partial charge is 0.384 e. The third-order valence-electron chi connectivity index (χ3n) is 8.42. The molecule has 0 saturated carbocycles. The molecule has 2 aliphatic rings. The Hall–Kier alpha value is -4.90. The number of hydrogen-bond donors (Lipinski definition) is 8. The lowest BCUT2D eigenvalue weighted by Crippen LogP contribution is -2.60. The number of guanidine groups is 1. The van der Waals surface area contributed by atoms with Crippen LogP contribution in [0.15, 0.2) is 52.6 Å². The molecular weight excluding hydrogens is 677 g/mol. The van der Waals surface area contributed by atoms with Crippen molar-refractivity contribution in [2.75, 3.05) is 13.1 Å². The van der Waals surface area contributed by atoms with Crippen LogP contribution in [0, 0.1) is 11.8 Å². The average molecular weight is 727 g/mol. The minimum absolute atomic E-state index is 0.0208. The number of ketones is 1. The van der Waals surface area contributed by atoms with E-state index in [4.69, 9.17) is 17.2 Å². The number of nitrogens with two attached hydrogens (primary N) is 3. The first-order chi connectivity index (χ1) is 24.2. The van der Waals surface area contributed by atoms with Gasteiger partial charge in [0.2, 0.25) is 29.4 Å². The molecule has 2 unspecified atom stereocenters. The molecule has 2 heterocycles. The van der Waals surface area contributed by atoms with E-state index in [0.717, 1.165) is 16.9 Å². The van der Waals surface area contributed by atoms with Crippen molar-refractivity contribution in [3.8, 4) is 0 Å². The number of allylic oxidation sites excluding steroid dienone is 2. The first kappa shape index (κ1) is 40.5. The summed E-state index contributed by atoms with van der Waals surface area (Å²) >= 11 is 1.14. The lowest BCUT2D eigenvalue weighted by Gasteiger charge is -2.33. The average Bonchev–Trinajstić information content (AvgIpc) is 3.75. The summed E-state index contributed by atoms with van der Waals surface area (Å²) in [5.41, 5.74) is 15.7. The number of aromatic nitrogens is 1. The maximum absolute atomic E-state index is 13.9. The predicted molar refractivity (Wildman–Crippen MR) is 194 cm³/mol. The van der Waals surface area contributed by atoms with Gasteiger partial charge in [-0.2, -0.15) is 0 Å². The Morgan fingerprint density at radius 1 is 1.04 bits per heavy atom. The number of nitrogens with one attached hydrogen (secondary N) is 5. The lowest BCUT2D eigenvalue weighted by molar-refractivity contribution is -0.131. The number of Topliss-reactive ketones (excluding diaryl/α,β-unsaturated/α-hetero) is 1. The summed E-state index contributed by atoms with van der Waals surface area (Å²) in [7, 11) is 0. The monoisotopic (exact) mass is 726 g/mol. The van der Waals surface area contributed by atoms with Gasteiger partial charge < -0.3 is 48.6 Å². The fourth-order valence-corrected chi connectivity index (χ4v) is 6.63. The fourth-order valence-electron chi connectivity index (χ4n) is 6.00. The predicted octanol–water partition coefficient (Wildman–Crippen LogP) is -0.319. The van der Waals surface area contributed by atoms with E-state index in [1.165, 1.54) is 13.1 Å². The molecule has 4 amide bonds. The van der Waals surface area contributed by atoms with Gasteiger partial charge in [-0.1, -0.05) is 38.2 Å². The van der Waals surface area contributed by atoms with Crippen molar-refractivity contribution in [3.05, 3.63) is 52.7 Å². The van der Waals surface area contributed by atoms with Crippen molar-refractivity contribution >= 4 is 53.0 Å². The number of carbonyl (C=O) groups is 6.